The Morgan fingerprint density at radius 1 is 0.949 bits per heavy atom. The van der Waals surface area contributed by atoms with Gasteiger partial charge in [-0.15, -0.1) is 0 Å². The molecular weight excluding hydrogens is 496 g/mol. The summed E-state index contributed by atoms with van der Waals surface area (Å²) in [5, 5.41) is 8.49. The first kappa shape index (κ1) is 26.1. The van der Waals surface area contributed by atoms with Gasteiger partial charge in [-0.1, -0.05) is 0 Å². The summed E-state index contributed by atoms with van der Waals surface area (Å²) in [5.74, 6) is 1.33. The Morgan fingerprint density at radius 3 is 2.28 bits per heavy atom. The molecule has 1 aliphatic heterocycles. The second-order valence-corrected chi connectivity index (χ2v) is 9.50. The van der Waals surface area contributed by atoms with Crippen molar-refractivity contribution in [1.29, 1.82) is 0 Å². The third kappa shape index (κ3) is 6.51. The lowest BCUT2D eigenvalue weighted by atomic mass is 10.2. The molecule has 3 amide bonds. The van der Waals surface area contributed by atoms with Crippen LogP contribution >= 0.6 is 0 Å². The maximum absolute atomic E-state index is 12.5. The highest BCUT2D eigenvalue weighted by molar-refractivity contribution is 6.00. The van der Waals surface area contributed by atoms with E-state index in [0.29, 0.717) is 42.5 Å². The molecule has 1 saturated heterocycles. The fourth-order valence-corrected chi connectivity index (χ4v) is 4.26. The van der Waals surface area contributed by atoms with Crippen LogP contribution in [0.4, 0.5) is 22.0 Å². The van der Waals surface area contributed by atoms with E-state index in [4.69, 9.17) is 14.7 Å². The molecule has 2 aromatic carbocycles. The van der Waals surface area contributed by atoms with Gasteiger partial charge < -0.3 is 35.5 Å². The smallest absolute Gasteiger partial charge is 0.323 e. The zero-order chi connectivity index (χ0) is 27.2. The molecule has 4 N–H and O–H groups in total. The van der Waals surface area contributed by atoms with Crippen LogP contribution in [0, 0.1) is 0 Å². The molecule has 1 aliphatic rings. The van der Waals surface area contributed by atoms with Crippen molar-refractivity contribution in [2.45, 2.75) is 0 Å². The minimum Gasteiger partial charge on any atom is -0.378 e. The highest BCUT2D eigenvalue weighted by Gasteiger charge is 2.19. The SMILES string of the molecule is CN(C)CCNC(=O)c1ccc(NC(=O)Nc2ccc(-c3nc(N4CCOCC4)c4[nH]ccc4n3)cc2)cc1. The van der Waals surface area contributed by atoms with Gasteiger partial charge in [0, 0.05) is 54.9 Å². The number of likely N-dealkylation sites (N-methyl/N-ethyl adjacent to an activating group) is 1. The number of carbonyl (C=O) groups excluding carboxylic acids is 2. The number of amides is 3. The van der Waals surface area contributed by atoms with E-state index in [1.54, 1.807) is 24.3 Å². The first-order valence-corrected chi connectivity index (χ1v) is 12.9. The van der Waals surface area contributed by atoms with E-state index in [1.165, 1.54) is 0 Å². The zero-order valence-electron chi connectivity index (χ0n) is 22.0. The zero-order valence-corrected chi connectivity index (χ0v) is 22.0. The van der Waals surface area contributed by atoms with Crippen molar-refractivity contribution < 1.29 is 14.3 Å². The van der Waals surface area contributed by atoms with Crippen molar-refractivity contribution >= 4 is 40.2 Å². The van der Waals surface area contributed by atoms with Crippen molar-refractivity contribution in [2.75, 3.05) is 69.0 Å². The number of anilines is 3. The lowest BCUT2D eigenvalue weighted by molar-refractivity contribution is 0.0951. The first-order chi connectivity index (χ1) is 19.0. The molecule has 0 saturated carbocycles. The van der Waals surface area contributed by atoms with Crippen LogP contribution < -0.4 is 20.9 Å². The van der Waals surface area contributed by atoms with Crippen molar-refractivity contribution in [3.8, 4) is 11.4 Å². The van der Waals surface area contributed by atoms with Gasteiger partial charge in [0.15, 0.2) is 11.6 Å². The van der Waals surface area contributed by atoms with Crippen LogP contribution in [0.5, 0.6) is 0 Å². The Bertz CT molecular complexity index is 1430. The van der Waals surface area contributed by atoms with Gasteiger partial charge in [-0.05, 0) is 68.7 Å². The predicted octanol–water partition coefficient (Wildman–Crippen LogP) is 3.40. The normalized spacial score (nSPS) is 13.5. The summed E-state index contributed by atoms with van der Waals surface area (Å²) < 4.78 is 5.49. The molecule has 4 aromatic rings. The van der Waals surface area contributed by atoms with Crippen LogP contribution in [0.25, 0.3) is 22.4 Å². The number of hydrogen-bond acceptors (Lipinski definition) is 7. The molecule has 5 rings (SSSR count). The Labute approximate surface area is 226 Å². The van der Waals surface area contributed by atoms with E-state index in [1.807, 2.05) is 55.5 Å². The molecule has 0 unspecified atom stereocenters. The summed E-state index contributed by atoms with van der Waals surface area (Å²) in [6.45, 7) is 4.21. The van der Waals surface area contributed by atoms with E-state index < -0.39 is 0 Å². The van der Waals surface area contributed by atoms with E-state index in [-0.39, 0.29) is 11.9 Å². The Morgan fingerprint density at radius 2 is 1.62 bits per heavy atom. The third-order valence-electron chi connectivity index (χ3n) is 6.35. The summed E-state index contributed by atoms with van der Waals surface area (Å²) in [4.78, 5) is 41.8. The van der Waals surface area contributed by atoms with E-state index >= 15 is 0 Å². The molecule has 1 fully saturated rings. The van der Waals surface area contributed by atoms with Gasteiger partial charge in [0.1, 0.15) is 5.52 Å². The highest BCUT2D eigenvalue weighted by atomic mass is 16.5. The number of benzene rings is 2. The van der Waals surface area contributed by atoms with Crippen LogP contribution in [0.2, 0.25) is 0 Å². The van der Waals surface area contributed by atoms with Crippen LogP contribution in [-0.2, 0) is 4.74 Å². The molecule has 0 aliphatic carbocycles. The quantitative estimate of drug-likeness (QED) is 0.276. The molecule has 11 heteroatoms. The largest absolute Gasteiger partial charge is 0.378 e. The van der Waals surface area contributed by atoms with E-state index in [0.717, 1.165) is 42.0 Å². The monoisotopic (exact) mass is 528 g/mol. The van der Waals surface area contributed by atoms with Crippen molar-refractivity contribution in [3.63, 3.8) is 0 Å². The number of H-pyrrole nitrogens is 1. The fraction of sp³-hybridized carbons (Fsp3) is 0.286. The van der Waals surface area contributed by atoms with Crippen molar-refractivity contribution in [1.82, 2.24) is 25.2 Å². The molecule has 0 radical (unpaired) electrons. The van der Waals surface area contributed by atoms with Crippen molar-refractivity contribution in [3.05, 3.63) is 66.4 Å². The van der Waals surface area contributed by atoms with E-state index in [2.05, 4.69) is 25.8 Å². The Balaban J connectivity index is 1.21. The molecule has 202 valence electrons. The van der Waals surface area contributed by atoms with Crippen molar-refractivity contribution in [2.24, 2.45) is 0 Å². The first-order valence-electron chi connectivity index (χ1n) is 12.9. The average molecular weight is 529 g/mol. The van der Waals surface area contributed by atoms with Gasteiger partial charge in [0.05, 0.1) is 18.7 Å². The standard InChI is InChI=1S/C28H32N8O3/c1-35(2)14-13-30-27(37)20-5-9-22(10-6-20)32-28(38)31-21-7-3-19(4-8-21)25-33-23-11-12-29-24(23)26(34-25)36-15-17-39-18-16-36/h3-12,29H,13-18H2,1-2H3,(H,30,37)(H2,31,32,38). The number of urea groups is 1. The molecule has 0 spiro atoms. The number of rotatable bonds is 8. The predicted molar refractivity (Wildman–Crippen MR) is 152 cm³/mol. The van der Waals surface area contributed by atoms with Gasteiger partial charge >= 0.3 is 6.03 Å². The van der Waals surface area contributed by atoms with Gasteiger partial charge in [0.2, 0.25) is 0 Å². The molecule has 3 heterocycles. The number of ether oxygens (including phenoxy) is 1. The molecule has 11 nitrogen and oxygen atoms in total. The van der Waals surface area contributed by atoms with E-state index in [9.17, 15) is 9.59 Å². The lowest BCUT2D eigenvalue weighted by Crippen LogP contribution is -2.37. The van der Waals surface area contributed by atoms with Crippen LogP contribution in [-0.4, -0.2) is 85.3 Å². The lowest BCUT2D eigenvalue weighted by Gasteiger charge is -2.28. The second kappa shape index (κ2) is 11.9. The number of hydrogen-bond donors (Lipinski definition) is 4. The number of fused-ring (bicyclic) bond motifs is 1. The molecule has 0 atom stereocenters. The fourth-order valence-electron chi connectivity index (χ4n) is 4.26. The van der Waals surface area contributed by atoms with Crippen LogP contribution in [0.3, 0.4) is 0 Å². The number of morpholine rings is 1. The van der Waals surface area contributed by atoms with Gasteiger partial charge in [-0.2, -0.15) is 0 Å². The number of aromatic amines is 1. The topological polar surface area (TPSA) is 128 Å². The second-order valence-electron chi connectivity index (χ2n) is 9.50. The minimum atomic E-state index is -0.384. The highest BCUT2D eigenvalue weighted by Crippen LogP contribution is 2.28. The maximum Gasteiger partial charge on any atom is 0.323 e. The average Bonchev–Trinajstić information content (AvgIpc) is 3.42. The Hall–Kier alpha value is -4.48. The molecule has 0 bridgehead atoms. The minimum absolute atomic E-state index is 0.148. The maximum atomic E-state index is 12.5. The summed E-state index contributed by atoms with van der Waals surface area (Å²) in [6.07, 6.45) is 1.87. The number of nitrogens with one attached hydrogen (secondary N) is 4. The summed E-state index contributed by atoms with van der Waals surface area (Å²) in [5.41, 5.74) is 4.35. The third-order valence-corrected chi connectivity index (χ3v) is 6.35. The summed E-state index contributed by atoms with van der Waals surface area (Å²) in [7, 11) is 3.90. The van der Waals surface area contributed by atoms with Crippen LogP contribution in [0.15, 0.2) is 60.8 Å². The Kier molecular flexibility index (Phi) is 7.99. The number of nitrogens with zero attached hydrogens (tertiary/aromatic N) is 4. The molecule has 2 aromatic heterocycles. The van der Waals surface area contributed by atoms with Crippen LogP contribution in [0.1, 0.15) is 10.4 Å². The van der Waals surface area contributed by atoms with Gasteiger partial charge in [-0.3, -0.25) is 4.79 Å². The number of carbonyl (C=O) groups is 2. The van der Waals surface area contributed by atoms with Gasteiger partial charge in [0.25, 0.3) is 5.91 Å². The summed E-state index contributed by atoms with van der Waals surface area (Å²) in [6, 6.07) is 15.7. The summed E-state index contributed by atoms with van der Waals surface area (Å²) >= 11 is 0. The number of aromatic nitrogens is 3. The molecular formula is C28H32N8O3. The van der Waals surface area contributed by atoms with Gasteiger partial charge in [-0.25, -0.2) is 14.8 Å². The molecule has 39 heavy (non-hydrogen) atoms.